The molecule has 49 heavy (non-hydrogen) atoms. The van der Waals surface area contributed by atoms with Crippen molar-refractivity contribution >= 4 is 43.5 Å². The van der Waals surface area contributed by atoms with Crippen LogP contribution in [0.3, 0.4) is 0 Å². The van der Waals surface area contributed by atoms with Crippen molar-refractivity contribution in [3.05, 3.63) is 89.5 Å². The third-order valence-electron chi connectivity index (χ3n) is 9.73. The molecule has 13 heteroatoms. The smallest absolute Gasteiger partial charge is 0.376 e. The van der Waals surface area contributed by atoms with E-state index in [-0.39, 0.29) is 16.6 Å². The average Bonchev–Trinajstić information content (AvgIpc) is 3.16. The zero-order valence-electron chi connectivity index (χ0n) is 31.4. The van der Waals surface area contributed by atoms with E-state index in [1.165, 1.54) is 0 Å². The summed E-state index contributed by atoms with van der Waals surface area (Å²) in [5, 5.41) is 0. The molecule has 0 aliphatic heterocycles. The summed E-state index contributed by atoms with van der Waals surface area (Å²) < 4.78 is 52.8. The van der Waals surface area contributed by atoms with Crippen molar-refractivity contribution in [3.63, 3.8) is 0 Å². The number of anilines is 3. The lowest BCUT2D eigenvalue weighted by Gasteiger charge is -2.33. The van der Waals surface area contributed by atoms with Crippen LogP contribution in [0.15, 0.2) is 72.8 Å². The zero-order valence-corrected chi connectivity index (χ0v) is 34.4. The quantitative estimate of drug-likeness (QED) is 0.101. The maximum Gasteiger partial charge on any atom is 0.508 e. The number of hydrogen-bond donors (Lipinski definition) is 0. The van der Waals surface area contributed by atoms with Crippen LogP contribution in [0.2, 0.25) is 0 Å². The van der Waals surface area contributed by atoms with E-state index in [0.717, 1.165) is 53.0 Å². The minimum absolute atomic E-state index is 0.0101. The highest BCUT2D eigenvalue weighted by Crippen LogP contribution is 2.40. The minimum atomic E-state index is -2.92. The summed E-state index contributed by atoms with van der Waals surface area (Å²) in [5.41, 5.74) is 6.28. The van der Waals surface area contributed by atoms with E-state index in [1.54, 1.807) is 64.0 Å². The molecule has 0 N–H and O–H groups in total. The Morgan fingerprint density at radius 1 is 0.367 bits per heavy atom. The molecule has 3 unspecified atom stereocenters. The van der Waals surface area contributed by atoms with Gasteiger partial charge in [-0.3, -0.25) is 0 Å². The van der Waals surface area contributed by atoms with Crippen LogP contribution in [0.1, 0.15) is 73.3 Å². The fourth-order valence-electron chi connectivity index (χ4n) is 7.11. The standard InChI is InChI=1S/C36H57NO9Si3/c1-13-34(47(38-4,39-5)40-6)28-16-22-31(23-17-28)37(32-24-18-29(19-25-32)35(14-2)48(41-7,42-8)43-9)33-26-20-30(21-27-33)36(15-3)49(44-10,45-11)46-12/h16-27,34-36H,13-15H2,1-12H3. The first-order valence-corrected chi connectivity index (χ1v) is 22.1. The van der Waals surface area contributed by atoms with Gasteiger partial charge >= 0.3 is 26.4 Å². The Morgan fingerprint density at radius 3 is 0.694 bits per heavy atom. The molecule has 0 aliphatic rings. The Labute approximate surface area is 297 Å². The topological polar surface area (TPSA) is 86.3 Å². The maximum absolute atomic E-state index is 5.87. The molecular weight excluding hydrogens is 675 g/mol. The summed E-state index contributed by atoms with van der Waals surface area (Å²) in [6.45, 7) is 6.38. The van der Waals surface area contributed by atoms with E-state index in [2.05, 4.69) is 98.5 Å². The second-order valence-electron chi connectivity index (χ2n) is 11.6. The summed E-state index contributed by atoms with van der Waals surface area (Å²) in [5.74, 6) is 0. The number of benzene rings is 3. The number of nitrogens with zero attached hydrogens (tertiary/aromatic N) is 1. The van der Waals surface area contributed by atoms with Crippen LogP contribution in [-0.2, 0) is 39.8 Å². The molecule has 0 amide bonds. The lowest BCUT2D eigenvalue weighted by Crippen LogP contribution is -2.49. The monoisotopic (exact) mass is 731 g/mol. The van der Waals surface area contributed by atoms with Crippen LogP contribution in [-0.4, -0.2) is 90.4 Å². The minimum Gasteiger partial charge on any atom is -0.376 e. The van der Waals surface area contributed by atoms with Gasteiger partial charge in [0.1, 0.15) is 0 Å². The molecule has 0 heterocycles. The largest absolute Gasteiger partial charge is 0.508 e. The Balaban J connectivity index is 2.15. The van der Waals surface area contributed by atoms with Crippen molar-refractivity contribution in [1.29, 1.82) is 0 Å². The average molecular weight is 732 g/mol. The summed E-state index contributed by atoms with van der Waals surface area (Å²) in [4.78, 5) is 2.25. The first-order valence-electron chi connectivity index (χ1n) is 16.7. The van der Waals surface area contributed by atoms with E-state index in [9.17, 15) is 0 Å². The first kappa shape index (κ1) is 41.2. The van der Waals surface area contributed by atoms with Gasteiger partial charge in [-0.25, -0.2) is 0 Å². The van der Waals surface area contributed by atoms with Gasteiger partial charge in [0, 0.05) is 81.1 Å². The molecule has 0 saturated carbocycles. The van der Waals surface area contributed by atoms with Gasteiger partial charge in [-0.05, 0) is 72.4 Å². The van der Waals surface area contributed by atoms with Crippen molar-refractivity contribution in [2.45, 2.75) is 56.7 Å². The van der Waals surface area contributed by atoms with Gasteiger partial charge in [0.25, 0.3) is 0 Å². The van der Waals surface area contributed by atoms with Gasteiger partial charge in [-0.15, -0.1) is 0 Å². The van der Waals surface area contributed by atoms with Crippen molar-refractivity contribution in [2.75, 3.05) is 68.9 Å². The van der Waals surface area contributed by atoms with Crippen LogP contribution in [0.5, 0.6) is 0 Å². The highest BCUT2D eigenvalue weighted by molar-refractivity contribution is 6.63. The fourth-order valence-corrected chi connectivity index (χ4v) is 14.5. The molecule has 0 aromatic heterocycles. The predicted octanol–water partition coefficient (Wildman–Crippen LogP) is 7.89. The third-order valence-corrected chi connectivity index (χ3v) is 19.6. The molecule has 0 spiro atoms. The van der Waals surface area contributed by atoms with Crippen LogP contribution >= 0.6 is 0 Å². The van der Waals surface area contributed by atoms with Gasteiger partial charge in [-0.1, -0.05) is 57.2 Å². The van der Waals surface area contributed by atoms with Gasteiger partial charge < -0.3 is 44.7 Å². The highest BCUT2D eigenvalue weighted by Gasteiger charge is 2.49. The van der Waals surface area contributed by atoms with Gasteiger partial charge in [0.05, 0.1) is 16.6 Å². The molecular formula is C36H57NO9Si3. The van der Waals surface area contributed by atoms with E-state index >= 15 is 0 Å². The molecule has 10 nitrogen and oxygen atoms in total. The molecule has 272 valence electrons. The molecule has 3 atom stereocenters. The molecule has 0 radical (unpaired) electrons. The van der Waals surface area contributed by atoms with Crippen LogP contribution in [0.4, 0.5) is 17.1 Å². The van der Waals surface area contributed by atoms with Crippen molar-refractivity contribution in [3.8, 4) is 0 Å². The summed E-state index contributed by atoms with van der Waals surface area (Å²) >= 11 is 0. The van der Waals surface area contributed by atoms with E-state index in [0.29, 0.717) is 0 Å². The van der Waals surface area contributed by atoms with Crippen molar-refractivity contribution < 1.29 is 39.8 Å². The van der Waals surface area contributed by atoms with Crippen LogP contribution in [0.25, 0.3) is 0 Å². The van der Waals surface area contributed by atoms with Crippen molar-refractivity contribution in [2.24, 2.45) is 0 Å². The lowest BCUT2D eigenvalue weighted by atomic mass is 10.1. The zero-order chi connectivity index (χ0) is 36.2. The van der Waals surface area contributed by atoms with Crippen molar-refractivity contribution in [1.82, 2.24) is 0 Å². The Bertz CT molecular complexity index is 1190. The van der Waals surface area contributed by atoms with E-state index < -0.39 is 26.4 Å². The SMILES string of the molecule is CCC(c1ccc(N(c2ccc(C(CC)[Si](OC)(OC)OC)cc2)c2ccc(C(CC)[Si](OC)(OC)OC)cc2)cc1)[Si](OC)(OC)OC. The molecule has 0 bridgehead atoms. The molecule has 3 aromatic carbocycles. The normalized spacial score (nSPS) is 14.4. The second kappa shape index (κ2) is 18.8. The molecule has 0 aliphatic carbocycles. The van der Waals surface area contributed by atoms with Gasteiger partial charge in [-0.2, -0.15) is 0 Å². The third kappa shape index (κ3) is 8.29. The van der Waals surface area contributed by atoms with Crippen LogP contribution < -0.4 is 4.90 Å². The Hall–Kier alpha value is -2.25. The van der Waals surface area contributed by atoms with Gasteiger partial charge in [0.2, 0.25) is 0 Å². The Morgan fingerprint density at radius 2 is 0.551 bits per heavy atom. The number of hydrogen-bond acceptors (Lipinski definition) is 10. The molecule has 0 saturated heterocycles. The van der Waals surface area contributed by atoms with Gasteiger partial charge in [0.15, 0.2) is 0 Å². The molecule has 0 fully saturated rings. The fraction of sp³-hybridized carbons (Fsp3) is 0.500. The maximum atomic E-state index is 5.87. The predicted molar refractivity (Wildman–Crippen MR) is 201 cm³/mol. The second-order valence-corrected chi connectivity index (χ2v) is 21.0. The first-order chi connectivity index (χ1) is 23.7. The molecule has 3 aromatic rings. The van der Waals surface area contributed by atoms with E-state index in [4.69, 9.17) is 39.8 Å². The summed E-state index contributed by atoms with van der Waals surface area (Å²) in [6.07, 6.45) is 2.44. The molecule has 3 rings (SSSR count). The Kier molecular flexibility index (Phi) is 15.8. The van der Waals surface area contributed by atoms with E-state index in [1.807, 2.05) is 0 Å². The lowest BCUT2D eigenvalue weighted by molar-refractivity contribution is 0.111. The summed E-state index contributed by atoms with van der Waals surface area (Å²) in [7, 11) is 6.19. The highest BCUT2D eigenvalue weighted by atomic mass is 28.4. The van der Waals surface area contributed by atoms with Crippen LogP contribution in [0, 0.1) is 0 Å². The summed E-state index contributed by atoms with van der Waals surface area (Å²) in [6, 6.07) is 25.7. The number of rotatable bonds is 21.